The SMILES string of the molecule is COC1(c2noc([C@H]3CCCNC3)n2)CCCCC1. The van der Waals surface area contributed by atoms with E-state index in [9.17, 15) is 0 Å². The van der Waals surface area contributed by atoms with Gasteiger partial charge in [-0.2, -0.15) is 4.98 Å². The van der Waals surface area contributed by atoms with Gasteiger partial charge < -0.3 is 14.6 Å². The van der Waals surface area contributed by atoms with Crippen LogP contribution in [-0.2, 0) is 10.3 Å². The molecule has 0 unspecified atom stereocenters. The second-order valence-corrected chi connectivity index (χ2v) is 5.76. The molecule has 5 nitrogen and oxygen atoms in total. The normalized spacial score (nSPS) is 27.3. The number of hydrogen-bond acceptors (Lipinski definition) is 5. The second-order valence-electron chi connectivity index (χ2n) is 5.76. The molecule has 1 aromatic rings. The minimum absolute atomic E-state index is 0.303. The van der Waals surface area contributed by atoms with Crippen molar-refractivity contribution in [1.82, 2.24) is 15.5 Å². The fraction of sp³-hybridized carbons (Fsp3) is 0.857. The highest BCUT2D eigenvalue weighted by Gasteiger charge is 2.39. The first-order valence-corrected chi connectivity index (χ1v) is 7.44. The highest BCUT2D eigenvalue weighted by atomic mass is 16.5. The van der Waals surface area contributed by atoms with E-state index in [1.54, 1.807) is 7.11 Å². The molecule has 1 saturated heterocycles. The van der Waals surface area contributed by atoms with E-state index in [0.29, 0.717) is 5.92 Å². The van der Waals surface area contributed by atoms with E-state index in [1.165, 1.54) is 25.7 Å². The van der Waals surface area contributed by atoms with Crippen LogP contribution in [0.15, 0.2) is 4.52 Å². The van der Waals surface area contributed by atoms with Crippen molar-refractivity contribution in [2.75, 3.05) is 20.2 Å². The Morgan fingerprint density at radius 2 is 2.11 bits per heavy atom. The molecule has 5 heteroatoms. The Kier molecular flexibility index (Phi) is 3.84. The van der Waals surface area contributed by atoms with Crippen molar-refractivity contribution in [2.45, 2.75) is 56.5 Å². The van der Waals surface area contributed by atoms with Gasteiger partial charge >= 0.3 is 0 Å². The molecule has 1 saturated carbocycles. The lowest BCUT2D eigenvalue weighted by atomic mass is 9.84. The fourth-order valence-electron chi connectivity index (χ4n) is 3.29. The Morgan fingerprint density at radius 3 is 2.79 bits per heavy atom. The molecule has 0 radical (unpaired) electrons. The summed E-state index contributed by atoms with van der Waals surface area (Å²) >= 11 is 0. The van der Waals surface area contributed by atoms with E-state index in [0.717, 1.165) is 44.1 Å². The zero-order valence-corrected chi connectivity index (χ0v) is 11.7. The van der Waals surface area contributed by atoms with Crippen molar-refractivity contribution in [1.29, 1.82) is 0 Å². The van der Waals surface area contributed by atoms with Gasteiger partial charge in [-0.3, -0.25) is 0 Å². The van der Waals surface area contributed by atoms with Crippen LogP contribution < -0.4 is 5.32 Å². The van der Waals surface area contributed by atoms with Gasteiger partial charge in [-0.25, -0.2) is 0 Å². The lowest BCUT2D eigenvalue weighted by molar-refractivity contribution is -0.0527. The molecular weight excluding hydrogens is 242 g/mol. The molecule has 0 aromatic carbocycles. The monoisotopic (exact) mass is 265 g/mol. The molecule has 1 N–H and O–H groups in total. The predicted octanol–water partition coefficient (Wildman–Crippen LogP) is 2.34. The van der Waals surface area contributed by atoms with Crippen molar-refractivity contribution in [3.05, 3.63) is 11.7 Å². The van der Waals surface area contributed by atoms with Crippen LogP contribution in [0.25, 0.3) is 0 Å². The van der Waals surface area contributed by atoms with Gasteiger partial charge in [0.25, 0.3) is 0 Å². The van der Waals surface area contributed by atoms with E-state index in [-0.39, 0.29) is 5.60 Å². The van der Waals surface area contributed by atoms with E-state index >= 15 is 0 Å². The molecule has 1 aromatic heterocycles. The Hall–Kier alpha value is -0.940. The third kappa shape index (κ3) is 2.54. The Bertz CT molecular complexity index is 407. The molecule has 0 bridgehead atoms. The molecule has 3 rings (SSSR count). The highest BCUT2D eigenvalue weighted by Crippen LogP contribution is 2.39. The Morgan fingerprint density at radius 1 is 1.26 bits per heavy atom. The van der Waals surface area contributed by atoms with Crippen LogP contribution in [0.4, 0.5) is 0 Å². The third-order valence-corrected chi connectivity index (χ3v) is 4.55. The van der Waals surface area contributed by atoms with Crippen molar-refractivity contribution >= 4 is 0 Å². The van der Waals surface area contributed by atoms with Gasteiger partial charge in [0.2, 0.25) is 11.7 Å². The maximum Gasteiger partial charge on any atom is 0.231 e. The molecule has 1 aliphatic heterocycles. The second kappa shape index (κ2) is 5.59. The van der Waals surface area contributed by atoms with Crippen LogP contribution >= 0.6 is 0 Å². The van der Waals surface area contributed by atoms with Crippen molar-refractivity contribution in [3.8, 4) is 0 Å². The van der Waals surface area contributed by atoms with Crippen LogP contribution in [0.2, 0.25) is 0 Å². The zero-order valence-electron chi connectivity index (χ0n) is 11.7. The Balaban J connectivity index is 1.79. The lowest BCUT2D eigenvalue weighted by Gasteiger charge is -2.32. The minimum Gasteiger partial charge on any atom is -0.370 e. The summed E-state index contributed by atoms with van der Waals surface area (Å²) in [5.41, 5.74) is -0.303. The number of ether oxygens (including phenoxy) is 1. The number of nitrogens with one attached hydrogen (secondary N) is 1. The molecular formula is C14H23N3O2. The predicted molar refractivity (Wildman–Crippen MR) is 70.9 cm³/mol. The topological polar surface area (TPSA) is 60.2 Å². The third-order valence-electron chi connectivity index (χ3n) is 4.55. The Labute approximate surface area is 114 Å². The maximum absolute atomic E-state index is 5.76. The summed E-state index contributed by atoms with van der Waals surface area (Å²) in [7, 11) is 1.77. The lowest BCUT2D eigenvalue weighted by Crippen LogP contribution is -2.32. The first-order chi connectivity index (χ1) is 9.34. The number of nitrogens with zero attached hydrogens (tertiary/aromatic N) is 2. The summed E-state index contributed by atoms with van der Waals surface area (Å²) in [4.78, 5) is 4.66. The summed E-state index contributed by atoms with van der Waals surface area (Å²) in [6.07, 6.45) is 7.97. The first-order valence-electron chi connectivity index (χ1n) is 7.44. The fourth-order valence-corrected chi connectivity index (χ4v) is 3.29. The molecule has 2 fully saturated rings. The molecule has 0 amide bonds. The van der Waals surface area contributed by atoms with Crippen molar-refractivity contribution in [3.63, 3.8) is 0 Å². The summed E-state index contributed by atoms with van der Waals surface area (Å²) in [5.74, 6) is 1.91. The van der Waals surface area contributed by atoms with Crippen LogP contribution in [0.5, 0.6) is 0 Å². The molecule has 0 spiro atoms. The van der Waals surface area contributed by atoms with Gasteiger partial charge in [-0.1, -0.05) is 24.4 Å². The number of methoxy groups -OCH3 is 1. The average Bonchev–Trinajstić information content (AvgIpc) is 2.99. The highest BCUT2D eigenvalue weighted by molar-refractivity contribution is 5.06. The van der Waals surface area contributed by atoms with Crippen LogP contribution in [-0.4, -0.2) is 30.3 Å². The standard InChI is InChI=1S/C14H23N3O2/c1-18-14(7-3-2-4-8-14)13-16-12(19-17-13)11-6-5-9-15-10-11/h11,15H,2-10H2,1H3/t11-/m0/s1. The van der Waals surface area contributed by atoms with Gasteiger partial charge in [0.15, 0.2) is 0 Å². The first kappa shape index (κ1) is 13.1. The molecule has 2 aliphatic rings. The quantitative estimate of drug-likeness (QED) is 0.909. The zero-order chi connectivity index (χ0) is 13.1. The molecule has 106 valence electrons. The van der Waals surface area contributed by atoms with Crippen LogP contribution in [0.3, 0.4) is 0 Å². The summed E-state index contributed by atoms with van der Waals surface area (Å²) in [5, 5.41) is 7.61. The van der Waals surface area contributed by atoms with Gasteiger partial charge in [0.1, 0.15) is 5.60 Å². The van der Waals surface area contributed by atoms with Gasteiger partial charge in [0, 0.05) is 13.7 Å². The van der Waals surface area contributed by atoms with Gasteiger partial charge in [-0.15, -0.1) is 0 Å². The maximum atomic E-state index is 5.76. The van der Waals surface area contributed by atoms with E-state index in [2.05, 4.69) is 15.5 Å². The smallest absolute Gasteiger partial charge is 0.231 e. The van der Waals surface area contributed by atoms with Gasteiger partial charge in [0.05, 0.1) is 5.92 Å². The molecule has 1 atom stereocenters. The summed E-state index contributed by atoms with van der Waals surface area (Å²) in [6, 6.07) is 0. The van der Waals surface area contributed by atoms with Crippen molar-refractivity contribution in [2.24, 2.45) is 0 Å². The minimum atomic E-state index is -0.303. The summed E-state index contributed by atoms with van der Waals surface area (Å²) < 4.78 is 11.3. The largest absolute Gasteiger partial charge is 0.370 e. The molecule has 19 heavy (non-hydrogen) atoms. The summed E-state index contributed by atoms with van der Waals surface area (Å²) in [6.45, 7) is 2.04. The van der Waals surface area contributed by atoms with E-state index in [4.69, 9.17) is 9.26 Å². The van der Waals surface area contributed by atoms with Crippen molar-refractivity contribution < 1.29 is 9.26 Å². The number of aromatic nitrogens is 2. The average molecular weight is 265 g/mol. The number of piperidine rings is 1. The van der Waals surface area contributed by atoms with Gasteiger partial charge in [-0.05, 0) is 32.2 Å². The number of hydrogen-bond donors (Lipinski definition) is 1. The number of rotatable bonds is 3. The van der Waals surface area contributed by atoms with Crippen LogP contribution in [0.1, 0.15) is 62.6 Å². The van der Waals surface area contributed by atoms with E-state index < -0.39 is 0 Å². The molecule has 1 aliphatic carbocycles. The van der Waals surface area contributed by atoms with Crippen LogP contribution in [0, 0.1) is 0 Å². The van der Waals surface area contributed by atoms with E-state index in [1.807, 2.05) is 0 Å². The molecule has 2 heterocycles.